The van der Waals surface area contributed by atoms with E-state index in [1.165, 1.54) is 22.3 Å². The summed E-state index contributed by atoms with van der Waals surface area (Å²) >= 11 is 6.21. The number of halogens is 1. The molecule has 0 unspecified atom stereocenters. The first kappa shape index (κ1) is 19.3. The van der Waals surface area contributed by atoms with Crippen LogP contribution >= 0.6 is 11.6 Å². The lowest BCUT2D eigenvalue weighted by atomic mass is 10.0. The van der Waals surface area contributed by atoms with Gasteiger partial charge < -0.3 is 0 Å². The molecule has 4 heteroatoms. The first-order valence-electron chi connectivity index (χ1n) is 9.58. The Hall–Kier alpha value is -3.04. The van der Waals surface area contributed by atoms with Crippen LogP contribution in [-0.4, -0.2) is 15.0 Å². The Balaban J connectivity index is 1.93. The zero-order valence-electron chi connectivity index (χ0n) is 17.0. The van der Waals surface area contributed by atoms with Crippen LogP contribution in [0.25, 0.3) is 34.2 Å². The van der Waals surface area contributed by atoms with Gasteiger partial charge in [0.1, 0.15) is 0 Å². The van der Waals surface area contributed by atoms with Gasteiger partial charge in [0.2, 0.25) is 0 Å². The fourth-order valence-corrected chi connectivity index (χ4v) is 3.34. The molecule has 0 aliphatic carbocycles. The number of rotatable bonds is 3. The summed E-state index contributed by atoms with van der Waals surface area (Å²) in [5.74, 6) is 1.93. The summed E-state index contributed by atoms with van der Waals surface area (Å²) in [4.78, 5) is 14.3. The Bertz CT molecular complexity index is 1140. The van der Waals surface area contributed by atoms with Crippen LogP contribution in [0.15, 0.2) is 60.7 Å². The Kier molecular flexibility index (Phi) is 5.16. The van der Waals surface area contributed by atoms with Crippen LogP contribution in [0.2, 0.25) is 5.02 Å². The highest BCUT2D eigenvalue weighted by Crippen LogP contribution is 2.27. The van der Waals surface area contributed by atoms with Crippen molar-refractivity contribution >= 4 is 11.6 Å². The maximum Gasteiger partial charge on any atom is 0.164 e. The summed E-state index contributed by atoms with van der Waals surface area (Å²) in [7, 11) is 0. The van der Waals surface area contributed by atoms with Gasteiger partial charge in [-0.3, -0.25) is 0 Å². The van der Waals surface area contributed by atoms with E-state index < -0.39 is 0 Å². The fourth-order valence-electron chi connectivity index (χ4n) is 3.15. The van der Waals surface area contributed by atoms with Crippen molar-refractivity contribution in [1.29, 1.82) is 0 Å². The standard InChI is InChI=1S/C25H22ClN3/c1-15-8-10-20(12-17(15)3)24-27-23(19-6-5-7-22(26)14-19)28-25(29-24)21-11-9-16(2)18(4)13-21/h5-14H,1-4H3. The van der Waals surface area contributed by atoms with Gasteiger partial charge in [-0.25, -0.2) is 15.0 Å². The maximum absolute atomic E-state index is 6.21. The minimum Gasteiger partial charge on any atom is -0.208 e. The summed E-state index contributed by atoms with van der Waals surface area (Å²) in [5.41, 5.74) is 7.72. The zero-order valence-corrected chi connectivity index (χ0v) is 17.7. The lowest BCUT2D eigenvalue weighted by Crippen LogP contribution is -2.01. The highest BCUT2D eigenvalue weighted by atomic mass is 35.5. The summed E-state index contributed by atoms with van der Waals surface area (Å²) < 4.78 is 0. The molecular weight excluding hydrogens is 378 g/mol. The van der Waals surface area contributed by atoms with Crippen molar-refractivity contribution in [2.45, 2.75) is 27.7 Å². The lowest BCUT2D eigenvalue weighted by molar-refractivity contribution is 1.07. The maximum atomic E-state index is 6.21. The number of nitrogens with zero attached hydrogens (tertiary/aromatic N) is 3. The summed E-state index contributed by atoms with van der Waals surface area (Å²) in [5, 5.41) is 0.656. The second-order valence-electron chi connectivity index (χ2n) is 7.41. The van der Waals surface area contributed by atoms with Crippen LogP contribution < -0.4 is 0 Å². The second kappa shape index (κ2) is 7.76. The van der Waals surface area contributed by atoms with Crippen molar-refractivity contribution in [3.63, 3.8) is 0 Å². The molecule has 4 rings (SSSR count). The molecule has 0 spiro atoms. The Morgan fingerprint density at radius 3 is 1.38 bits per heavy atom. The molecule has 4 aromatic rings. The molecule has 0 amide bonds. The van der Waals surface area contributed by atoms with Gasteiger partial charge in [0.25, 0.3) is 0 Å². The van der Waals surface area contributed by atoms with E-state index in [0.29, 0.717) is 22.5 Å². The summed E-state index contributed by atoms with van der Waals surface area (Å²) in [6, 6.07) is 20.2. The molecule has 1 heterocycles. The highest BCUT2D eigenvalue weighted by Gasteiger charge is 2.13. The molecule has 3 nitrogen and oxygen atoms in total. The Labute approximate surface area is 176 Å². The van der Waals surface area contributed by atoms with E-state index in [-0.39, 0.29) is 0 Å². The molecule has 0 aliphatic rings. The van der Waals surface area contributed by atoms with Crippen LogP contribution in [0.3, 0.4) is 0 Å². The predicted molar refractivity (Wildman–Crippen MR) is 120 cm³/mol. The van der Waals surface area contributed by atoms with E-state index in [0.717, 1.165) is 16.7 Å². The molecule has 0 atom stereocenters. The topological polar surface area (TPSA) is 38.7 Å². The van der Waals surface area contributed by atoms with Crippen molar-refractivity contribution in [3.05, 3.63) is 87.9 Å². The van der Waals surface area contributed by atoms with Crippen LogP contribution in [0.1, 0.15) is 22.3 Å². The number of hydrogen-bond donors (Lipinski definition) is 0. The molecule has 144 valence electrons. The van der Waals surface area contributed by atoms with Crippen molar-refractivity contribution in [3.8, 4) is 34.2 Å². The average molecular weight is 400 g/mol. The van der Waals surface area contributed by atoms with Crippen LogP contribution in [-0.2, 0) is 0 Å². The van der Waals surface area contributed by atoms with Crippen molar-refractivity contribution in [1.82, 2.24) is 15.0 Å². The molecule has 0 saturated carbocycles. The van der Waals surface area contributed by atoms with Gasteiger partial charge in [0.05, 0.1) is 0 Å². The lowest BCUT2D eigenvalue weighted by Gasteiger charge is -2.10. The van der Waals surface area contributed by atoms with Gasteiger partial charge >= 0.3 is 0 Å². The molecule has 0 N–H and O–H groups in total. The molecule has 0 fully saturated rings. The number of aromatic nitrogens is 3. The molecule has 0 radical (unpaired) electrons. The van der Waals surface area contributed by atoms with Gasteiger partial charge in [-0.05, 0) is 74.2 Å². The van der Waals surface area contributed by atoms with Gasteiger partial charge in [-0.2, -0.15) is 0 Å². The first-order chi connectivity index (χ1) is 13.9. The van der Waals surface area contributed by atoms with E-state index in [4.69, 9.17) is 26.6 Å². The Morgan fingerprint density at radius 1 is 0.517 bits per heavy atom. The minimum absolute atomic E-state index is 0.615. The van der Waals surface area contributed by atoms with Crippen LogP contribution in [0.4, 0.5) is 0 Å². The third-order valence-electron chi connectivity index (χ3n) is 5.25. The number of hydrogen-bond acceptors (Lipinski definition) is 3. The zero-order chi connectivity index (χ0) is 20.5. The quantitative estimate of drug-likeness (QED) is 0.382. The Morgan fingerprint density at radius 2 is 0.966 bits per heavy atom. The molecule has 1 aromatic heterocycles. The van der Waals surface area contributed by atoms with E-state index >= 15 is 0 Å². The first-order valence-corrected chi connectivity index (χ1v) is 9.96. The second-order valence-corrected chi connectivity index (χ2v) is 7.85. The predicted octanol–water partition coefficient (Wildman–Crippen LogP) is 6.76. The molecule has 3 aromatic carbocycles. The van der Waals surface area contributed by atoms with Gasteiger partial charge in [0, 0.05) is 21.7 Å². The van der Waals surface area contributed by atoms with E-state index in [9.17, 15) is 0 Å². The van der Waals surface area contributed by atoms with Gasteiger partial charge in [-0.15, -0.1) is 0 Å². The highest BCUT2D eigenvalue weighted by molar-refractivity contribution is 6.30. The van der Waals surface area contributed by atoms with Crippen molar-refractivity contribution in [2.24, 2.45) is 0 Å². The van der Waals surface area contributed by atoms with Gasteiger partial charge in [0.15, 0.2) is 17.5 Å². The smallest absolute Gasteiger partial charge is 0.164 e. The summed E-state index contributed by atoms with van der Waals surface area (Å²) in [6.07, 6.45) is 0. The fraction of sp³-hybridized carbons (Fsp3) is 0.160. The average Bonchev–Trinajstić information content (AvgIpc) is 2.72. The number of benzene rings is 3. The largest absolute Gasteiger partial charge is 0.208 e. The van der Waals surface area contributed by atoms with E-state index in [1.807, 2.05) is 24.3 Å². The number of aryl methyl sites for hydroxylation is 4. The molecule has 0 aliphatic heterocycles. The molecule has 0 saturated heterocycles. The van der Waals surface area contributed by atoms with Crippen LogP contribution in [0.5, 0.6) is 0 Å². The van der Waals surface area contributed by atoms with Crippen LogP contribution in [0, 0.1) is 27.7 Å². The van der Waals surface area contributed by atoms with E-state index in [2.05, 4.69) is 64.1 Å². The SMILES string of the molecule is Cc1ccc(-c2nc(-c3cccc(Cl)c3)nc(-c3ccc(C)c(C)c3)n2)cc1C. The van der Waals surface area contributed by atoms with Crippen molar-refractivity contribution < 1.29 is 0 Å². The normalized spacial score (nSPS) is 10.9. The molecule has 0 bridgehead atoms. The molecule has 29 heavy (non-hydrogen) atoms. The van der Waals surface area contributed by atoms with Gasteiger partial charge in [-0.1, -0.05) is 48.0 Å². The monoisotopic (exact) mass is 399 g/mol. The third kappa shape index (κ3) is 4.06. The third-order valence-corrected chi connectivity index (χ3v) is 5.48. The molecular formula is C25H22ClN3. The summed E-state index contributed by atoms with van der Waals surface area (Å²) in [6.45, 7) is 8.40. The van der Waals surface area contributed by atoms with E-state index in [1.54, 1.807) is 0 Å². The van der Waals surface area contributed by atoms with Crippen molar-refractivity contribution in [2.75, 3.05) is 0 Å². The minimum atomic E-state index is 0.615.